The monoisotopic (exact) mass is 461 g/mol. The smallest absolute Gasteiger partial charge is 0.279 e. The molecule has 0 N–H and O–H groups in total. The van der Waals surface area contributed by atoms with E-state index in [9.17, 15) is 14.9 Å². The number of amides is 1. The van der Waals surface area contributed by atoms with Gasteiger partial charge in [0.05, 0.1) is 22.3 Å². The average molecular weight is 462 g/mol. The number of para-hydroxylation sites is 1. The van der Waals surface area contributed by atoms with Crippen LogP contribution in [-0.2, 0) is 4.79 Å². The highest BCUT2D eigenvalue weighted by Gasteiger charge is 2.31. The van der Waals surface area contributed by atoms with Gasteiger partial charge in [-0.25, -0.2) is 4.68 Å². The maximum atomic E-state index is 13.0. The number of benzene rings is 2. The van der Waals surface area contributed by atoms with Gasteiger partial charge in [-0.3, -0.25) is 19.9 Å². The molecule has 33 heavy (non-hydrogen) atoms. The van der Waals surface area contributed by atoms with Crippen molar-refractivity contribution >= 4 is 34.3 Å². The van der Waals surface area contributed by atoms with Gasteiger partial charge in [-0.2, -0.15) is 5.10 Å². The fourth-order valence-electron chi connectivity index (χ4n) is 4.35. The summed E-state index contributed by atoms with van der Waals surface area (Å²) < 4.78 is 1.73. The first-order valence-corrected chi connectivity index (χ1v) is 11.9. The van der Waals surface area contributed by atoms with Gasteiger partial charge in [-0.05, 0) is 31.0 Å². The van der Waals surface area contributed by atoms with Crippen LogP contribution in [0.15, 0.2) is 64.0 Å². The number of thiazole rings is 1. The van der Waals surface area contributed by atoms with E-state index in [4.69, 9.17) is 10.1 Å². The van der Waals surface area contributed by atoms with E-state index in [2.05, 4.69) is 0 Å². The molecule has 1 aliphatic carbocycles. The van der Waals surface area contributed by atoms with Crippen molar-refractivity contribution in [3.05, 3.63) is 74.4 Å². The fourth-order valence-corrected chi connectivity index (χ4v) is 5.25. The summed E-state index contributed by atoms with van der Waals surface area (Å²) in [6.45, 7) is 0. The van der Waals surface area contributed by atoms with E-state index < -0.39 is 4.92 Å². The molecule has 8 nitrogen and oxygen atoms in total. The number of rotatable bonds is 4. The molecule has 1 amide bonds. The average Bonchev–Trinajstić information content (AvgIpc) is 3.34. The molecule has 2 aliphatic rings. The number of anilines is 1. The van der Waals surface area contributed by atoms with Crippen LogP contribution in [-0.4, -0.2) is 34.3 Å². The van der Waals surface area contributed by atoms with Crippen LogP contribution < -0.4 is 9.70 Å². The highest BCUT2D eigenvalue weighted by atomic mass is 32.1. The summed E-state index contributed by atoms with van der Waals surface area (Å²) in [5.74, 6) is -0.173. The molecular weight excluding hydrogens is 438 g/mol. The Labute approximate surface area is 194 Å². The second-order valence-corrected chi connectivity index (χ2v) is 9.11. The van der Waals surface area contributed by atoms with Crippen molar-refractivity contribution < 1.29 is 9.72 Å². The molecule has 1 aromatic heterocycles. The van der Waals surface area contributed by atoms with Crippen molar-refractivity contribution in [1.29, 1.82) is 0 Å². The highest BCUT2D eigenvalue weighted by Crippen LogP contribution is 2.29. The molecule has 1 aliphatic heterocycles. The third-order valence-corrected chi connectivity index (χ3v) is 6.98. The van der Waals surface area contributed by atoms with Crippen LogP contribution in [0.5, 0.6) is 0 Å². The number of likely N-dealkylation sites (N-methyl/N-ethyl adjacent to an activating group) is 1. The Hall–Kier alpha value is -3.59. The number of hydrogen-bond acceptors (Lipinski definition) is 6. The first-order chi connectivity index (χ1) is 16.0. The van der Waals surface area contributed by atoms with Gasteiger partial charge < -0.3 is 4.90 Å². The first-order valence-electron chi connectivity index (χ1n) is 11.0. The van der Waals surface area contributed by atoms with Crippen molar-refractivity contribution in [3.63, 3.8) is 0 Å². The van der Waals surface area contributed by atoms with Crippen molar-refractivity contribution in [2.24, 2.45) is 10.1 Å². The summed E-state index contributed by atoms with van der Waals surface area (Å²) in [7, 11) is 1.74. The molecule has 9 heteroatoms. The van der Waals surface area contributed by atoms with Gasteiger partial charge >= 0.3 is 0 Å². The minimum Gasteiger partial charge on any atom is -0.309 e. The molecule has 0 radical (unpaired) electrons. The number of carbonyl (C=O) groups is 1. The Morgan fingerprint density at radius 3 is 2.52 bits per heavy atom. The normalized spacial score (nSPS) is 18.2. The number of carbonyl (C=O) groups excluding carboxylic acids is 1. The summed E-state index contributed by atoms with van der Waals surface area (Å²) in [4.78, 5) is 31.0. The zero-order valence-corrected chi connectivity index (χ0v) is 19.0. The Bertz CT molecular complexity index is 1320. The van der Waals surface area contributed by atoms with Crippen LogP contribution in [0.2, 0.25) is 0 Å². The van der Waals surface area contributed by atoms with E-state index in [0.29, 0.717) is 5.71 Å². The minimum atomic E-state index is -0.417. The van der Waals surface area contributed by atoms with Crippen LogP contribution in [0.3, 0.4) is 0 Å². The van der Waals surface area contributed by atoms with Gasteiger partial charge in [-0.1, -0.05) is 37.5 Å². The molecule has 0 saturated heterocycles. The number of nitro benzene ring substituents is 1. The molecule has 0 spiro atoms. The Morgan fingerprint density at radius 2 is 1.79 bits per heavy atom. The van der Waals surface area contributed by atoms with Crippen LogP contribution in [0.1, 0.15) is 37.7 Å². The van der Waals surface area contributed by atoms with Gasteiger partial charge in [0, 0.05) is 35.7 Å². The third-order valence-electron chi connectivity index (χ3n) is 6.15. The maximum Gasteiger partial charge on any atom is 0.279 e. The number of nitrogens with zero attached hydrogens (tertiary/aromatic N) is 5. The Morgan fingerprint density at radius 1 is 1.06 bits per heavy atom. The second kappa shape index (κ2) is 8.74. The summed E-state index contributed by atoms with van der Waals surface area (Å²) >= 11 is 1.47. The third kappa shape index (κ3) is 4.00. The molecule has 0 atom stereocenters. The van der Waals surface area contributed by atoms with E-state index in [0.717, 1.165) is 40.2 Å². The van der Waals surface area contributed by atoms with Crippen molar-refractivity contribution in [2.45, 2.75) is 38.1 Å². The Balaban J connectivity index is 1.66. The Kier molecular flexibility index (Phi) is 5.63. The molecule has 3 aromatic rings. The lowest BCUT2D eigenvalue weighted by Gasteiger charge is -2.17. The zero-order chi connectivity index (χ0) is 22.9. The predicted octanol–water partition coefficient (Wildman–Crippen LogP) is 4.59. The van der Waals surface area contributed by atoms with Gasteiger partial charge in [-0.15, -0.1) is 11.3 Å². The lowest BCUT2D eigenvalue weighted by Crippen LogP contribution is -2.27. The standard InChI is InChI=1S/C24H23N5O3S/c1-27-20-10-6-5-9-19(20)22(23(27)30)26-28-21(16-11-13-18(14-12-16)29(31)32)15-33-24(28)25-17-7-3-2-4-8-17/h5-6,9-15,17H,2-4,7-8H2,1H3. The van der Waals surface area contributed by atoms with Crippen LogP contribution in [0.25, 0.3) is 11.3 Å². The van der Waals surface area contributed by atoms with E-state index in [1.165, 1.54) is 42.7 Å². The van der Waals surface area contributed by atoms with Crippen molar-refractivity contribution in [1.82, 2.24) is 4.68 Å². The highest BCUT2D eigenvalue weighted by molar-refractivity contribution is 7.07. The predicted molar refractivity (Wildman–Crippen MR) is 129 cm³/mol. The molecule has 168 valence electrons. The SMILES string of the molecule is CN1C(=O)C(=Nn2c(-c3ccc([N+](=O)[O-])cc3)csc2=NC2CCCCC2)c2ccccc21. The maximum absolute atomic E-state index is 13.0. The van der Waals surface area contributed by atoms with E-state index in [-0.39, 0.29) is 17.6 Å². The van der Waals surface area contributed by atoms with Gasteiger partial charge in [0.2, 0.25) is 4.80 Å². The lowest BCUT2D eigenvalue weighted by molar-refractivity contribution is -0.384. The molecule has 1 fully saturated rings. The summed E-state index contributed by atoms with van der Waals surface area (Å²) in [6, 6.07) is 14.2. The van der Waals surface area contributed by atoms with Crippen molar-refractivity contribution in [3.8, 4) is 11.3 Å². The number of nitro groups is 1. The summed E-state index contributed by atoms with van der Waals surface area (Å²) in [5.41, 5.74) is 3.51. The molecule has 1 saturated carbocycles. The summed E-state index contributed by atoms with van der Waals surface area (Å²) in [5, 5.41) is 17.8. The molecular formula is C24H23N5O3S. The molecule has 0 bridgehead atoms. The lowest BCUT2D eigenvalue weighted by atomic mass is 9.96. The minimum absolute atomic E-state index is 0.0282. The number of aromatic nitrogens is 1. The van der Waals surface area contributed by atoms with Crippen molar-refractivity contribution in [2.75, 3.05) is 11.9 Å². The number of hydrogen-bond donors (Lipinski definition) is 0. The summed E-state index contributed by atoms with van der Waals surface area (Å²) in [6.07, 6.45) is 5.67. The van der Waals surface area contributed by atoms with Gasteiger partial charge in [0.15, 0.2) is 5.71 Å². The van der Waals surface area contributed by atoms with Crippen LogP contribution in [0, 0.1) is 10.1 Å². The van der Waals surface area contributed by atoms with E-state index in [1.54, 1.807) is 28.8 Å². The molecule has 2 aromatic carbocycles. The largest absolute Gasteiger partial charge is 0.309 e. The number of non-ortho nitro benzene ring substituents is 1. The fraction of sp³-hybridized carbons (Fsp3) is 0.292. The van der Waals surface area contributed by atoms with Gasteiger partial charge in [0.25, 0.3) is 11.6 Å². The quantitative estimate of drug-likeness (QED) is 0.420. The van der Waals surface area contributed by atoms with Crippen LogP contribution >= 0.6 is 11.3 Å². The zero-order valence-electron chi connectivity index (χ0n) is 18.2. The second-order valence-electron chi connectivity index (χ2n) is 8.27. The van der Waals surface area contributed by atoms with Crippen LogP contribution in [0.4, 0.5) is 11.4 Å². The first kappa shape index (κ1) is 21.3. The van der Waals surface area contributed by atoms with E-state index >= 15 is 0 Å². The van der Waals surface area contributed by atoms with E-state index in [1.807, 2.05) is 29.6 Å². The topological polar surface area (TPSA) is 93.1 Å². The molecule has 0 unspecified atom stereocenters. The number of fused-ring (bicyclic) bond motifs is 1. The molecule has 5 rings (SSSR count). The van der Waals surface area contributed by atoms with Gasteiger partial charge in [0.1, 0.15) is 0 Å². The molecule has 2 heterocycles.